The number of aromatic nitrogens is 2. The van der Waals surface area contributed by atoms with Gasteiger partial charge >= 0.3 is 5.97 Å². The first-order chi connectivity index (χ1) is 17.4. The highest BCUT2D eigenvalue weighted by Crippen LogP contribution is 2.36. The van der Waals surface area contributed by atoms with Crippen LogP contribution in [-0.2, 0) is 17.8 Å². The molecule has 2 aromatic carbocycles. The fourth-order valence-corrected chi connectivity index (χ4v) is 5.24. The molecule has 3 N–H and O–H groups in total. The molecule has 2 atom stereocenters. The standard InChI is InChI=1S/C26H32N4O6/c1-16-13-29(19-6-3-7-21(31)25(19)32)9-8-28(16)15-23-27-24-20(30(23)14-18-5-4-10-36-18)11-17(26(33)34)12-22(24)35-2/h3,6-7,11-12,16,18,31-32H,4-5,8-10,13-15H2,1-2H3,(H,33,34). The summed E-state index contributed by atoms with van der Waals surface area (Å²) in [7, 11) is 1.53. The molecule has 5 rings (SSSR count). The molecule has 1 aromatic heterocycles. The summed E-state index contributed by atoms with van der Waals surface area (Å²) in [6.45, 7) is 6.13. The van der Waals surface area contributed by atoms with E-state index in [1.807, 2.05) is 6.07 Å². The van der Waals surface area contributed by atoms with Gasteiger partial charge in [-0.05, 0) is 44.0 Å². The van der Waals surface area contributed by atoms with Crippen LogP contribution in [0.1, 0.15) is 35.9 Å². The number of anilines is 1. The van der Waals surface area contributed by atoms with Crippen molar-refractivity contribution in [1.82, 2.24) is 14.5 Å². The number of benzene rings is 2. The third kappa shape index (κ3) is 4.54. The van der Waals surface area contributed by atoms with Crippen LogP contribution in [0.4, 0.5) is 5.69 Å². The van der Waals surface area contributed by atoms with Crippen molar-refractivity contribution in [2.75, 3.05) is 38.3 Å². The molecule has 0 radical (unpaired) electrons. The minimum atomic E-state index is -1.01. The Balaban J connectivity index is 1.44. The van der Waals surface area contributed by atoms with E-state index in [9.17, 15) is 20.1 Å². The monoisotopic (exact) mass is 496 g/mol. The topological polar surface area (TPSA) is 121 Å². The third-order valence-corrected chi connectivity index (χ3v) is 7.22. The van der Waals surface area contributed by atoms with Crippen LogP contribution in [0, 0.1) is 0 Å². The van der Waals surface area contributed by atoms with Crippen molar-refractivity contribution >= 4 is 22.7 Å². The number of rotatable bonds is 7. The molecule has 3 heterocycles. The van der Waals surface area contributed by atoms with Crippen LogP contribution >= 0.6 is 0 Å². The van der Waals surface area contributed by atoms with Crippen molar-refractivity contribution < 1.29 is 29.6 Å². The number of methoxy groups -OCH3 is 1. The highest BCUT2D eigenvalue weighted by atomic mass is 16.5. The molecule has 0 spiro atoms. The van der Waals surface area contributed by atoms with Gasteiger partial charge in [-0.1, -0.05) is 6.07 Å². The molecule has 10 nitrogen and oxygen atoms in total. The minimum Gasteiger partial charge on any atom is -0.504 e. The van der Waals surface area contributed by atoms with E-state index in [2.05, 4.69) is 21.3 Å². The molecular formula is C26H32N4O6. The maximum atomic E-state index is 11.8. The molecule has 0 bridgehead atoms. The van der Waals surface area contributed by atoms with Gasteiger partial charge in [-0.15, -0.1) is 0 Å². The zero-order valence-electron chi connectivity index (χ0n) is 20.6. The summed E-state index contributed by atoms with van der Waals surface area (Å²) in [5.41, 5.74) is 2.16. The second-order valence-electron chi connectivity index (χ2n) is 9.54. The number of phenols is 2. The van der Waals surface area contributed by atoms with Crippen molar-refractivity contribution in [3.63, 3.8) is 0 Å². The van der Waals surface area contributed by atoms with Gasteiger partial charge in [-0.3, -0.25) is 4.90 Å². The summed E-state index contributed by atoms with van der Waals surface area (Å²) in [5.74, 6) is 0.0378. The number of carbonyl (C=O) groups is 1. The van der Waals surface area contributed by atoms with Crippen molar-refractivity contribution in [2.45, 2.75) is 45.0 Å². The van der Waals surface area contributed by atoms with Gasteiger partial charge in [0.25, 0.3) is 0 Å². The first-order valence-corrected chi connectivity index (χ1v) is 12.3. The van der Waals surface area contributed by atoms with E-state index < -0.39 is 5.97 Å². The number of hydrogen-bond acceptors (Lipinski definition) is 8. The zero-order valence-corrected chi connectivity index (χ0v) is 20.6. The molecule has 2 fully saturated rings. The number of aromatic carboxylic acids is 1. The van der Waals surface area contributed by atoms with Crippen LogP contribution < -0.4 is 9.64 Å². The molecule has 10 heteroatoms. The molecule has 3 aromatic rings. The Kier molecular flexibility index (Phi) is 6.63. The first-order valence-electron chi connectivity index (χ1n) is 12.3. The summed E-state index contributed by atoms with van der Waals surface area (Å²) < 4.78 is 13.5. The lowest BCUT2D eigenvalue weighted by atomic mass is 10.1. The van der Waals surface area contributed by atoms with Crippen molar-refractivity contribution in [3.05, 3.63) is 41.7 Å². The lowest BCUT2D eigenvalue weighted by Gasteiger charge is -2.41. The average Bonchev–Trinajstić information content (AvgIpc) is 3.50. The molecule has 0 amide bonds. The highest BCUT2D eigenvalue weighted by Gasteiger charge is 2.29. The summed E-state index contributed by atoms with van der Waals surface area (Å²) in [4.78, 5) is 21.1. The Morgan fingerprint density at radius 1 is 1.25 bits per heavy atom. The van der Waals surface area contributed by atoms with E-state index in [1.165, 1.54) is 19.2 Å². The Labute approximate surface area is 209 Å². The average molecular weight is 497 g/mol. The Hall–Kier alpha value is -3.50. The van der Waals surface area contributed by atoms with E-state index in [1.54, 1.807) is 12.1 Å². The number of phenolic OH excluding ortho intramolecular Hbond substituents is 2. The molecule has 2 saturated heterocycles. The Bertz CT molecular complexity index is 1270. The van der Waals surface area contributed by atoms with Crippen molar-refractivity contribution in [1.29, 1.82) is 0 Å². The number of carboxylic acid groups (broad SMARTS) is 1. The van der Waals surface area contributed by atoms with Crippen LogP contribution in [0.15, 0.2) is 30.3 Å². The van der Waals surface area contributed by atoms with Gasteiger partial charge in [0.05, 0.1) is 43.1 Å². The van der Waals surface area contributed by atoms with E-state index in [0.29, 0.717) is 43.1 Å². The highest BCUT2D eigenvalue weighted by molar-refractivity contribution is 5.95. The lowest BCUT2D eigenvalue weighted by molar-refractivity contribution is 0.0696. The summed E-state index contributed by atoms with van der Waals surface area (Å²) in [6.07, 6.45) is 2.03. The molecular weight excluding hydrogens is 464 g/mol. The van der Waals surface area contributed by atoms with E-state index in [0.717, 1.165) is 37.3 Å². The van der Waals surface area contributed by atoms with E-state index in [-0.39, 0.29) is 29.2 Å². The molecule has 0 saturated carbocycles. The predicted molar refractivity (Wildman–Crippen MR) is 134 cm³/mol. The molecule has 2 aliphatic rings. The Morgan fingerprint density at radius 3 is 2.78 bits per heavy atom. The number of ether oxygens (including phenoxy) is 2. The number of fused-ring (bicyclic) bond motifs is 1. The first kappa shape index (κ1) is 24.2. The van der Waals surface area contributed by atoms with Crippen LogP contribution in [-0.4, -0.2) is 81.2 Å². The number of imidazole rings is 1. The number of aromatic hydroxyl groups is 2. The zero-order chi connectivity index (χ0) is 25.4. The van der Waals surface area contributed by atoms with E-state index in [4.69, 9.17) is 14.5 Å². The largest absolute Gasteiger partial charge is 0.504 e. The van der Waals surface area contributed by atoms with Gasteiger partial charge in [-0.2, -0.15) is 0 Å². The van der Waals surface area contributed by atoms with Crippen molar-refractivity contribution in [3.8, 4) is 17.2 Å². The van der Waals surface area contributed by atoms with Crippen molar-refractivity contribution in [2.24, 2.45) is 0 Å². The smallest absolute Gasteiger partial charge is 0.335 e. The van der Waals surface area contributed by atoms with Crippen LogP contribution in [0.2, 0.25) is 0 Å². The maximum absolute atomic E-state index is 11.8. The van der Waals surface area contributed by atoms with Crippen LogP contribution in [0.3, 0.4) is 0 Å². The number of hydrogen-bond donors (Lipinski definition) is 3. The molecule has 0 aliphatic carbocycles. The third-order valence-electron chi connectivity index (χ3n) is 7.22. The fraction of sp³-hybridized carbons (Fsp3) is 0.462. The second-order valence-corrected chi connectivity index (χ2v) is 9.54. The summed E-state index contributed by atoms with van der Waals surface area (Å²) in [6, 6.07) is 8.34. The summed E-state index contributed by atoms with van der Waals surface area (Å²) in [5, 5.41) is 29.9. The fourth-order valence-electron chi connectivity index (χ4n) is 5.24. The van der Waals surface area contributed by atoms with Gasteiger partial charge in [0, 0.05) is 32.3 Å². The SMILES string of the molecule is COc1cc(C(=O)O)cc2c1nc(CN1CCN(c3cccc(O)c3O)CC1C)n2CC1CCCO1. The maximum Gasteiger partial charge on any atom is 0.335 e. The van der Waals surface area contributed by atoms with Crippen LogP contribution in [0.5, 0.6) is 17.2 Å². The Morgan fingerprint density at radius 2 is 2.08 bits per heavy atom. The van der Waals surface area contributed by atoms with Gasteiger partial charge in [-0.25, -0.2) is 9.78 Å². The normalized spacial score (nSPS) is 20.8. The number of carboxylic acids is 1. The molecule has 192 valence electrons. The quantitative estimate of drug-likeness (QED) is 0.424. The van der Waals surface area contributed by atoms with Gasteiger partial charge in [0.15, 0.2) is 11.5 Å². The number of nitrogens with zero attached hydrogens (tertiary/aromatic N) is 4. The van der Waals surface area contributed by atoms with Gasteiger partial charge in [0.2, 0.25) is 0 Å². The van der Waals surface area contributed by atoms with Gasteiger partial charge < -0.3 is 34.3 Å². The molecule has 2 aliphatic heterocycles. The second kappa shape index (κ2) is 9.87. The van der Waals surface area contributed by atoms with Crippen LogP contribution in [0.25, 0.3) is 11.0 Å². The predicted octanol–water partition coefficient (Wildman–Crippen LogP) is 3.04. The van der Waals surface area contributed by atoms with E-state index >= 15 is 0 Å². The lowest BCUT2D eigenvalue weighted by Crippen LogP contribution is -2.51. The van der Waals surface area contributed by atoms with Gasteiger partial charge in [0.1, 0.15) is 17.1 Å². The molecule has 36 heavy (non-hydrogen) atoms. The minimum absolute atomic E-state index is 0.0589. The number of piperazine rings is 1. The summed E-state index contributed by atoms with van der Waals surface area (Å²) >= 11 is 0. The molecule has 2 unspecified atom stereocenters. The number of para-hydroxylation sites is 1.